The van der Waals surface area contributed by atoms with Crippen LogP contribution in [0.4, 0.5) is 0 Å². The zero-order valence-electron chi connectivity index (χ0n) is 26.5. The molecule has 0 saturated heterocycles. The Morgan fingerprint density at radius 2 is 1.77 bits per heavy atom. The molecular weight excluding hydrogens is 604 g/mol. The normalized spacial score (nSPS) is 25.6. The Bertz CT molecular complexity index is 1220. The second-order valence-corrected chi connectivity index (χ2v) is 13.8. The van der Waals surface area contributed by atoms with Crippen molar-refractivity contribution in [2.45, 2.75) is 122 Å². The maximum atomic E-state index is 10.8. The van der Waals surface area contributed by atoms with Crippen molar-refractivity contribution in [3.05, 3.63) is 57.6 Å². The molecule has 43 heavy (non-hydrogen) atoms. The van der Waals surface area contributed by atoms with Crippen molar-refractivity contribution in [1.82, 2.24) is 4.90 Å². The maximum Gasteiger partial charge on any atom is 0.142 e. The standard InChI is InChI=1S/C36H51BrN2O4/c1-4-5-6-7-8-9-10-11-15-18-39-23-28-20-31(41-3)34(37)35-33(28)36(22-30(39)24-40)26(2)19-29(21-32(36)43-35)38-42-25-27-16-13-12-14-17-27/h12-14,16-17,20,26,30,32,40H,4-11,15,18-19,21-25H2,1-3H3/b38-29+/t26-,30+,32-,36+/m1/s1. The highest BCUT2D eigenvalue weighted by Crippen LogP contribution is 2.60. The van der Waals surface area contributed by atoms with Crippen LogP contribution < -0.4 is 9.47 Å². The van der Waals surface area contributed by atoms with Crippen LogP contribution in [0.2, 0.25) is 0 Å². The topological polar surface area (TPSA) is 63.5 Å². The lowest BCUT2D eigenvalue weighted by Crippen LogP contribution is -2.52. The lowest BCUT2D eigenvalue weighted by atomic mass is 9.59. The molecule has 7 heteroatoms. The van der Waals surface area contributed by atoms with Gasteiger partial charge >= 0.3 is 0 Å². The third kappa shape index (κ3) is 7.10. The van der Waals surface area contributed by atoms with Gasteiger partial charge in [0.05, 0.1) is 19.4 Å². The average Bonchev–Trinajstić information content (AvgIpc) is 3.28. The first-order valence-electron chi connectivity index (χ1n) is 16.6. The first-order valence-corrected chi connectivity index (χ1v) is 17.4. The number of aliphatic hydroxyl groups is 1. The highest BCUT2D eigenvalue weighted by Gasteiger charge is 2.59. The van der Waals surface area contributed by atoms with Gasteiger partial charge in [0.1, 0.15) is 28.7 Å². The van der Waals surface area contributed by atoms with E-state index < -0.39 is 0 Å². The average molecular weight is 656 g/mol. The zero-order valence-corrected chi connectivity index (χ0v) is 28.0. The molecule has 4 atom stereocenters. The SMILES string of the molecule is CCCCCCCCCCCN1Cc2cc(OC)c(Br)c3c2[C@@]2(C[C@H]1CO)[C@H](C)C/C(=N\OCc1ccccc1)C[C@H]2O3. The van der Waals surface area contributed by atoms with Gasteiger partial charge in [0.2, 0.25) is 0 Å². The fourth-order valence-corrected chi connectivity index (χ4v) is 8.37. The molecule has 0 bridgehead atoms. The van der Waals surface area contributed by atoms with Gasteiger partial charge in [0.25, 0.3) is 0 Å². The van der Waals surface area contributed by atoms with Gasteiger partial charge in [0, 0.05) is 30.0 Å². The van der Waals surface area contributed by atoms with Gasteiger partial charge in [-0.1, -0.05) is 101 Å². The molecule has 6 nitrogen and oxygen atoms in total. The van der Waals surface area contributed by atoms with Gasteiger partial charge in [-0.05, 0) is 64.8 Å². The number of oxime groups is 1. The van der Waals surface area contributed by atoms with Crippen LogP contribution in [0.1, 0.15) is 108 Å². The van der Waals surface area contributed by atoms with Crippen molar-refractivity contribution in [2.24, 2.45) is 11.1 Å². The molecule has 0 radical (unpaired) electrons. The molecule has 2 aromatic rings. The number of hydrogen-bond donors (Lipinski definition) is 1. The number of nitrogens with zero attached hydrogens (tertiary/aromatic N) is 2. The van der Waals surface area contributed by atoms with E-state index in [1.54, 1.807) is 7.11 Å². The summed E-state index contributed by atoms with van der Waals surface area (Å²) in [5, 5.41) is 15.4. The summed E-state index contributed by atoms with van der Waals surface area (Å²) in [5.41, 5.74) is 4.55. The molecule has 1 spiro atoms. The van der Waals surface area contributed by atoms with Crippen molar-refractivity contribution >= 4 is 21.6 Å². The number of aliphatic hydroxyl groups excluding tert-OH is 1. The van der Waals surface area contributed by atoms with Crippen molar-refractivity contribution in [1.29, 1.82) is 0 Å². The number of rotatable bonds is 15. The summed E-state index contributed by atoms with van der Waals surface area (Å²) in [6.45, 7) is 7.04. The Morgan fingerprint density at radius 3 is 2.47 bits per heavy atom. The Morgan fingerprint density at radius 1 is 1.05 bits per heavy atom. The van der Waals surface area contributed by atoms with E-state index in [2.05, 4.69) is 58.0 Å². The predicted molar refractivity (Wildman–Crippen MR) is 177 cm³/mol. The predicted octanol–water partition coefficient (Wildman–Crippen LogP) is 8.56. The molecule has 1 saturated carbocycles. The molecule has 0 aromatic heterocycles. The van der Waals surface area contributed by atoms with Gasteiger partial charge < -0.3 is 19.4 Å². The summed E-state index contributed by atoms with van der Waals surface area (Å²) in [5.74, 6) is 2.01. The number of hydrogen-bond acceptors (Lipinski definition) is 6. The molecule has 2 aromatic carbocycles. The summed E-state index contributed by atoms with van der Waals surface area (Å²) in [4.78, 5) is 8.37. The highest BCUT2D eigenvalue weighted by molar-refractivity contribution is 9.10. The molecule has 236 valence electrons. The van der Waals surface area contributed by atoms with Crippen LogP contribution in [0.3, 0.4) is 0 Å². The van der Waals surface area contributed by atoms with Gasteiger partial charge in [-0.2, -0.15) is 0 Å². The first kappa shape index (κ1) is 32.3. The Balaban J connectivity index is 1.32. The number of unbranched alkanes of at least 4 members (excludes halogenated alkanes) is 8. The van der Waals surface area contributed by atoms with Gasteiger partial charge in [-0.15, -0.1) is 0 Å². The number of benzene rings is 2. The van der Waals surface area contributed by atoms with Crippen molar-refractivity contribution < 1.29 is 19.4 Å². The van der Waals surface area contributed by atoms with Gasteiger partial charge in [0.15, 0.2) is 0 Å². The van der Waals surface area contributed by atoms with Crippen LogP contribution in [0.25, 0.3) is 0 Å². The maximum absolute atomic E-state index is 10.8. The quantitative estimate of drug-likeness (QED) is 0.154. The number of halogens is 1. The summed E-state index contributed by atoms with van der Waals surface area (Å²) in [6, 6.07) is 12.5. The third-order valence-corrected chi connectivity index (χ3v) is 10.9. The molecule has 1 aliphatic carbocycles. The fraction of sp³-hybridized carbons (Fsp3) is 0.639. The Kier molecular flexibility index (Phi) is 11.5. The van der Waals surface area contributed by atoms with Crippen molar-refractivity contribution in [2.75, 3.05) is 20.3 Å². The lowest BCUT2D eigenvalue weighted by Gasteiger charge is -2.45. The molecule has 3 aliphatic rings. The first-order chi connectivity index (χ1) is 21.0. The molecule has 2 aliphatic heterocycles. The van der Waals surface area contributed by atoms with Crippen molar-refractivity contribution in [3.63, 3.8) is 0 Å². The van der Waals surface area contributed by atoms with Gasteiger partial charge in [-0.25, -0.2) is 0 Å². The van der Waals surface area contributed by atoms with Crippen molar-refractivity contribution in [3.8, 4) is 11.5 Å². The molecule has 0 amide bonds. The zero-order chi connectivity index (χ0) is 30.2. The summed E-state index contributed by atoms with van der Waals surface area (Å²) < 4.78 is 13.6. The Hall–Kier alpha value is -2.09. The van der Waals surface area contributed by atoms with E-state index in [-0.39, 0.29) is 30.1 Å². The van der Waals surface area contributed by atoms with E-state index in [9.17, 15) is 5.11 Å². The monoisotopic (exact) mass is 654 g/mol. The summed E-state index contributed by atoms with van der Waals surface area (Å²) in [6.07, 6.45) is 14.2. The smallest absolute Gasteiger partial charge is 0.142 e. The minimum Gasteiger partial charge on any atom is -0.495 e. The fourth-order valence-electron chi connectivity index (χ4n) is 7.80. The number of ether oxygens (including phenoxy) is 2. The largest absolute Gasteiger partial charge is 0.495 e. The molecule has 1 fully saturated rings. The van der Waals surface area contributed by atoms with Crippen LogP contribution in [-0.4, -0.2) is 48.1 Å². The third-order valence-electron chi connectivity index (χ3n) is 10.1. The minimum atomic E-state index is -0.196. The molecule has 0 unspecified atom stereocenters. The van der Waals surface area contributed by atoms with E-state index in [1.807, 2.05) is 18.2 Å². The van der Waals surface area contributed by atoms with Crippen LogP contribution >= 0.6 is 15.9 Å². The van der Waals surface area contributed by atoms with Crippen LogP contribution in [0.5, 0.6) is 11.5 Å². The summed E-state index contributed by atoms with van der Waals surface area (Å²) in [7, 11) is 1.72. The van der Waals surface area contributed by atoms with Crippen LogP contribution in [0, 0.1) is 5.92 Å². The van der Waals surface area contributed by atoms with E-state index in [1.165, 1.54) is 68.9 Å². The second kappa shape index (κ2) is 15.3. The molecular formula is C36H51BrN2O4. The second-order valence-electron chi connectivity index (χ2n) is 13.0. The number of methoxy groups -OCH3 is 1. The molecule has 1 N–H and O–H groups in total. The van der Waals surface area contributed by atoms with Gasteiger partial charge in [-0.3, -0.25) is 4.90 Å². The van der Waals surface area contributed by atoms with E-state index in [4.69, 9.17) is 14.3 Å². The van der Waals surface area contributed by atoms with Crippen LogP contribution in [0.15, 0.2) is 46.0 Å². The minimum absolute atomic E-state index is 0.0609. The van der Waals surface area contributed by atoms with Crippen LogP contribution in [-0.2, 0) is 23.4 Å². The lowest BCUT2D eigenvalue weighted by molar-refractivity contribution is 0.0389. The Labute approximate surface area is 267 Å². The van der Waals surface area contributed by atoms with E-state index in [0.29, 0.717) is 6.61 Å². The van der Waals surface area contributed by atoms with E-state index in [0.717, 1.165) is 59.6 Å². The van der Waals surface area contributed by atoms with E-state index >= 15 is 0 Å². The molecule has 2 heterocycles. The summed E-state index contributed by atoms with van der Waals surface area (Å²) >= 11 is 3.83. The highest BCUT2D eigenvalue weighted by atomic mass is 79.9. The molecule has 5 rings (SSSR count).